The summed E-state index contributed by atoms with van der Waals surface area (Å²) < 4.78 is 23.3. The molecule has 0 fully saturated rings. The highest BCUT2D eigenvalue weighted by molar-refractivity contribution is 6.41. The van der Waals surface area contributed by atoms with Crippen LogP contribution in [0.5, 0.6) is 5.75 Å². The highest BCUT2D eigenvalue weighted by Crippen LogP contribution is 2.21. The molecular formula is C15H19FO4. The summed E-state index contributed by atoms with van der Waals surface area (Å²) in [5.74, 6) is -2.22. The van der Waals surface area contributed by atoms with Crippen LogP contribution in [0.2, 0.25) is 0 Å². The van der Waals surface area contributed by atoms with Crippen molar-refractivity contribution >= 4 is 11.8 Å². The molecule has 4 nitrogen and oxygen atoms in total. The van der Waals surface area contributed by atoms with Crippen molar-refractivity contribution < 1.29 is 23.5 Å². The Morgan fingerprint density at radius 3 is 2.60 bits per heavy atom. The van der Waals surface area contributed by atoms with Gasteiger partial charge in [0.1, 0.15) is 11.6 Å². The number of carbonyl (C=O) groups is 2. The van der Waals surface area contributed by atoms with Crippen molar-refractivity contribution in [2.45, 2.75) is 33.1 Å². The first-order valence-electron chi connectivity index (χ1n) is 6.74. The number of carbonyl (C=O) groups excluding carboxylic acids is 2. The molecule has 0 saturated carbocycles. The average Bonchev–Trinajstić information content (AvgIpc) is 2.43. The number of Topliss-reactive ketones (excluding diaryl/α,β-unsaturated/α-hetero) is 1. The number of unbranched alkanes of at least 4 members (excludes halogenated alkanes) is 2. The summed E-state index contributed by atoms with van der Waals surface area (Å²) in [6.45, 7) is 4.15. The number of hydrogen-bond donors (Lipinski definition) is 0. The minimum absolute atomic E-state index is 0.0290. The average molecular weight is 282 g/mol. The van der Waals surface area contributed by atoms with Gasteiger partial charge in [-0.2, -0.15) is 0 Å². The summed E-state index contributed by atoms with van der Waals surface area (Å²) in [5.41, 5.74) is 0.0290. The van der Waals surface area contributed by atoms with E-state index in [1.807, 2.05) is 0 Å². The van der Waals surface area contributed by atoms with Crippen LogP contribution in [0.25, 0.3) is 0 Å². The van der Waals surface area contributed by atoms with Crippen LogP contribution < -0.4 is 4.74 Å². The van der Waals surface area contributed by atoms with Crippen molar-refractivity contribution in [2.75, 3.05) is 13.2 Å². The predicted molar refractivity (Wildman–Crippen MR) is 72.4 cm³/mol. The molecule has 0 aliphatic heterocycles. The minimum atomic E-state index is -0.961. The smallest absolute Gasteiger partial charge is 0.379 e. The van der Waals surface area contributed by atoms with Gasteiger partial charge in [0.15, 0.2) is 0 Å². The maximum absolute atomic E-state index is 13.2. The molecule has 110 valence electrons. The number of halogens is 1. The molecule has 1 aromatic rings. The zero-order valence-electron chi connectivity index (χ0n) is 11.8. The van der Waals surface area contributed by atoms with Gasteiger partial charge in [-0.3, -0.25) is 4.79 Å². The van der Waals surface area contributed by atoms with Crippen LogP contribution in [-0.4, -0.2) is 25.0 Å². The monoisotopic (exact) mass is 282 g/mol. The Bertz CT molecular complexity index is 471. The lowest BCUT2D eigenvalue weighted by Gasteiger charge is -2.10. The molecular weight excluding hydrogens is 263 g/mol. The second-order valence-corrected chi connectivity index (χ2v) is 4.25. The minimum Gasteiger partial charge on any atom is -0.493 e. The van der Waals surface area contributed by atoms with Crippen molar-refractivity contribution in [3.8, 4) is 5.75 Å². The zero-order valence-corrected chi connectivity index (χ0v) is 11.8. The molecule has 0 radical (unpaired) electrons. The predicted octanol–water partition coefficient (Wildman–Crippen LogP) is 3.14. The molecule has 0 aliphatic carbocycles. The van der Waals surface area contributed by atoms with Crippen molar-refractivity contribution in [1.29, 1.82) is 0 Å². The summed E-state index contributed by atoms with van der Waals surface area (Å²) >= 11 is 0. The van der Waals surface area contributed by atoms with Crippen molar-refractivity contribution in [2.24, 2.45) is 0 Å². The number of hydrogen-bond acceptors (Lipinski definition) is 4. The second kappa shape index (κ2) is 8.30. The summed E-state index contributed by atoms with van der Waals surface area (Å²) in [6.07, 6.45) is 2.82. The van der Waals surface area contributed by atoms with Crippen LogP contribution in [0.1, 0.15) is 43.5 Å². The van der Waals surface area contributed by atoms with Gasteiger partial charge in [0.2, 0.25) is 0 Å². The Kier molecular flexibility index (Phi) is 6.70. The molecule has 0 heterocycles. The van der Waals surface area contributed by atoms with E-state index < -0.39 is 17.6 Å². The van der Waals surface area contributed by atoms with Crippen molar-refractivity contribution in [3.05, 3.63) is 29.6 Å². The summed E-state index contributed by atoms with van der Waals surface area (Å²) in [7, 11) is 0. The van der Waals surface area contributed by atoms with Crippen LogP contribution >= 0.6 is 0 Å². The third-order valence-electron chi connectivity index (χ3n) is 2.65. The van der Waals surface area contributed by atoms with Gasteiger partial charge in [0, 0.05) is 6.07 Å². The molecule has 0 aromatic heterocycles. The molecule has 0 atom stereocenters. The molecule has 1 rings (SSSR count). The van der Waals surface area contributed by atoms with E-state index in [0.717, 1.165) is 31.4 Å². The van der Waals surface area contributed by atoms with Gasteiger partial charge in [-0.15, -0.1) is 0 Å². The van der Waals surface area contributed by atoms with Crippen LogP contribution in [0, 0.1) is 5.82 Å². The van der Waals surface area contributed by atoms with Gasteiger partial charge in [0.25, 0.3) is 5.78 Å². The van der Waals surface area contributed by atoms with Crippen LogP contribution in [0.15, 0.2) is 18.2 Å². The van der Waals surface area contributed by atoms with E-state index in [9.17, 15) is 14.0 Å². The third-order valence-corrected chi connectivity index (χ3v) is 2.65. The largest absolute Gasteiger partial charge is 0.493 e. The van der Waals surface area contributed by atoms with Gasteiger partial charge < -0.3 is 9.47 Å². The van der Waals surface area contributed by atoms with Crippen LogP contribution in [-0.2, 0) is 9.53 Å². The van der Waals surface area contributed by atoms with Crippen LogP contribution in [0.4, 0.5) is 4.39 Å². The SMILES string of the molecule is CCCCCOc1cc(F)ccc1C(=O)C(=O)OCC. The maximum atomic E-state index is 13.2. The molecule has 0 bridgehead atoms. The molecule has 0 aliphatic rings. The Morgan fingerprint density at radius 1 is 1.20 bits per heavy atom. The molecule has 0 amide bonds. The van der Waals surface area contributed by atoms with E-state index >= 15 is 0 Å². The molecule has 0 N–H and O–H groups in total. The second-order valence-electron chi connectivity index (χ2n) is 4.25. The first-order chi connectivity index (χ1) is 9.60. The fourth-order valence-electron chi connectivity index (χ4n) is 1.64. The van der Waals surface area contributed by atoms with Gasteiger partial charge in [-0.05, 0) is 25.5 Å². The Morgan fingerprint density at radius 2 is 1.95 bits per heavy atom. The summed E-state index contributed by atoms with van der Waals surface area (Å²) in [4.78, 5) is 23.3. The van der Waals surface area contributed by atoms with Crippen molar-refractivity contribution in [3.63, 3.8) is 0 Å². The van der Waals surface area contributed by atoms with E-state index in [1.165, 1.54) is 6.07 Å². The summed E-state index contributed by atoms with van der Waals surface area (Å²) in [6, 6.07) is 3.47. The van der Waals surface area contributed by atoms with E-state index in [2.05, 4.69) is 11.7 Å². The lowest BCUT2D eigenvalue weighted by molar-refractivity contribution is -0.137. The van der Waals surface area contributed by atoms with Gasteiger partial charge in [-0.1, -0.05) is 19.8 Å². The Balaban J connectivity index is 2.84. The fraction of sp³-hybridized carbons (Fsp3) is 0.467. The molecule has 20 heavy (non-hydrogen) atoms. The van der Waals surface area contributed by atoms with Gasteiger partial charge in [0.05, 0.1) is 18.8 Å². The molecule has 1 aromatic carbocycles. The van der Waals surface area contributed by atoms with Gasteiger partial charge in [-0.25, -0.2) is 9.18 Å². The third kappa shape index (κ3) is 4.64. The topological polar surface area (TPSA) is 52.6 Å². The highest BCUT2D eigenvalue weighted by Gasteiger charge is 2.22. The number of ether oxygens (including phenoxy) is 2. The number of rotatable bonds is 8. The van der Waals surface area contributed by atoms with Gasteiger partial charge >= 0.3 is 5.97 Å². The molecule has 5 heteroatoms. The summed E-state index contributed by atoms with van der Waals surface area (Å²) in [5, 5.41) is 0. The van der Waals surface area contributed by atoms with E-state index in [4.69, 9.17) is 4.74 Å². The number of benzene rings is 1. The highest BCUT2D eigenvalue weighted by atomic mass is 19.1. The zero-order chi connectivity index (χ0) is 15.0. The molecule has 0 saturated heterocycles. The first-order valence-corrected chi connectivity index (χ1v) is 6.74. The number of esters is 1. The van der Waals surface area contributed by atoms with E-state index in [-0.39, 0.29) is 17.9 Å². The van der Waals surface area contributed by atoms with E-state index in [1.54, 1.807) is 6.92 Å². The Labute approximate surface area is 117 Å². The maximum Gasteiger partial charge on any atom is 0.379 e. The first kappa shape index (κ1) is 16.1. The molecule has 0 unspecified atom stereocenters. The van der Waals surface area contributed by atoms with E-state index in [0.29, 0.717) is 6.61 Å². The van der Waals surface area contributed by atoms with Crippen molar-refractivity contribution in [1.82, 2.24) is 0 Å². The normalized spacial score (nSPS) is 10.2. The lowest BCUT2D eigenvalue weighted by atomic mass is 10.1. The lowest BCUT2D eigenvalue weighted by Crippen LogP contribution is -2.18. The Hall–Kier alpha value is -1.91. The fourth-order valence-corrected chi connectivity index (χ4v) is 1.64. The van der Waals surface area contributed by atoms with Crippen LogP contribution in [0.3, 0.4) is 0 Å². The number of ketones is 1. The quantitative estimate of drug-likeness (QED) is 0.318. The molecule has 0 spiro atoms. The standard InChI is InChI=1S/C15H19FO4/c1-3-5-6-9-20-13-10-11(16)7-8-12(13)14(17)15(18)19-4-2/h7-8,10H,3-6,9H2,1-2H3.